The maximum Gasteiger partial charge on any atom is 0.0183 e. The van der Waals surface area contributed by atoms with E-state index < -0.39 is 0 Å². The zero-order chi connectivity index (χ0) is 14.0. The summed E-state index contributed by atoms with van der Waals surface area (Å²) in [6.45, 7) is 9.64. The van der Waals surface area contributed by atoms with E-state index in [1.807, 2.05) is 0 Å². The molecule has 2 aliphatic rings. The van der Waals surface area contributed by atoms with Gasteiger partial charge in [0, 0.05) is 5.54 Å². The second-order valence-electron chi connectivity index (χ2n) is 8.28. The van der Waals surface area contributed by atoms with Crippen molar-refractivity contribution in [2.24, 2.45) is 35.3 Å². The predicted molar refractivity (Wildman–Crippen MR) is 84.0 cm³/mol. The summed E-state index contributed by atoms with van der Waals surface area (Å²) in [5.41, 5.74) is 7.08. The van der Waals surface area contributed by atoms with Crippen LogP contribution in [0.5, 0.6) is 0 Å². The van der Waals surface area contributed by atoms with Gasteiger partial charge in [-0.05, 0) is 68.1 Å². The van der Waals surface area contributed by atoms with Crippen LogP contribution in [0.3, 0.4) is 0 Å². The molecule has 4 atom stereocenters. The lowest BCUT2D eigenvalue weighted by molar-refractivity contribution is 0.121. The lowest BCUT2D eigenvalue weighted by atomic mass is 9.66. The first-order valence-corrected chi connectivity index (χ1v) is 8.69. The Morgan fingerprint density at radius 1 is 0.947 bits per heavy atom. The summed E-state index contributed by atoms with van der Waals surface area (Å²) < 4.78 is 0. The summed E-state index contributed by atoms with van der Waals surface area (Å²) in [6, 6.07) is 0. The van der Waals surface area contributed by atoms with E-state index >= 15 is 0 Å². The fourth-order valence-electron chi connectivity index (χ4n) is 4.91. The van der Waals surface area contributed by atoms with Crippen molar-refractivity contribution in [2.45, 2.75) is 84.6 Å². The summed E-state index contributed by atoms with van der Waals surface area (Å²) in [5.74, 6) is 4.32. The van der Waals surface area contributed by atoms with Crippen LogP contribution in [0.1, 0.15) is 79.1 Å². The fourth-order valence-corrected chi connectivity index (χ4v) is 4.91. The van der Waals surface area contributed by atoms with Gasteiger partial charge in [-0.2, -0.15) is 0 Å². The first-order valence-electron chi connectivity index (χ1n) is 8.69. The molecule has 1 nitrogen and oxygen atoms in total. The minimum absolute atomic E-state index is 0.159. The van der Waals surface area contributed by atoms with Crippen LogP contribution in [-0.2, 0) is 0 Å². The van der Waals surface area contributed by atoms with Crippen molar-refractivity contribution in [3.63, 3.8) is 0 Å². The van der Waals surface area contributed by atoms with Crippen LogP contribution < -0.4 is 5.73 Å². The van der Waals surface area contributed by atoms with E-state index in [-0.39, 0.29) is 5.54 Å². The Morgan fingerprint density at radius 2 is 1.58 bits per heavy atom. The van der Waals surface area contributed by atoms with Gasteiger partial charge in [-0.25, -0.2) is 0 Å². The van der Waals surface area contributed by atoms with Crippen molar-refractivity contribution in [1.29, 1.82) is 0 Å². The molecule has 0 spiro atoms. The molecule has 4 unspecified atom stereocenters. The maximum atomic E-state index is 6.92. The van der Waals surface area contributed by atoms with Crippen molar-refractivity contribution < 1.29 is 0 Å². The molecule has 0 aromatic heterocycles. The zero-order valence-corrected chi connectivity index (χ0v) is 13.6. The highest BCUT2D eigenvalue weighted by Gasteiger charge is 2.40. The van der Waals surface area contributed by atoms with E-state index in [1.165, 1.54) is 51.4 Å². The van der Waals surface area contributed by atoms with Gasteiger partial charge in [-0.15, -0.1) is 0 Å². The molecule has 2 aliphatic carbocycles. The number of hydrogen-bond acceptors (Lipinski definition) is 1. The molecule has 0 amide bonds. The SMILES string of the molecule is CC1CC(C)CC(C2(N)CCCC(C(C)C)CC2)C1. The van der Waals surface area contributed by atoms with Crippen LogP contribution in [0, 0.1) is 29.6 Å². The molecule has 0 aromatic rings. The Hall–Kier alpha value is -0.0400. The lowest BCUT2D eigenvalue weighted by Gasteiger charge is -2.43. The summed E-state index contributed by atoms with van der Waals surface area (Å²) in [5, 5.41) is 0. The quantitative estimate of drug-likeness (QED) is 0.699. The van der Waals surface area contributed by atoms with Crippen LogP contribution in [0.4, 0.5) is 0 Å². The average Bonchev–Trinajstić information content (AvgIpc) is 2.51. The second-order valence-corrected chi connectivity index (χ2v) is 8.28. The normalized spacial score (nSPS) is 45.2. The summed E-state index contributed by atoms with van der Waals surface area (Å²) in [6.07, 6.45) is 10.9. The van der Waals surface area contributed by atoms with Gasteiger partial charge in [-0.3, -0.25) is 0 Å². The summed E-state index contributed by atoms with van der Waals surface area (Å²) >= 11 is 0. The van der Waals surface area contributed by atoms with Crippen LogP contribution in [-0.4, -0.2) is 5.54 Å². The van der Waals surface area contributed by atoms with Crippen molar-refractivity contribution >= 4 is 0 Å². The third-order valence-electron chi connectivity index (χ3n) is 6.13. The first kappa shape index (κ1) is 15.4. The van der Waals surface area contributed by atoms with E-state index in [0.29, 0.717) is 0 Å². The summed E-state index contributed by atoms with van der Waals surface area (Å²) in [7, 11) is 0. The van der Waals surface area contributed by atoms with E-state index in [1.54, 1.807) is 0 Å². The Morgan fingerprint density at radius 3 is 2.16 bits per heavy atom. The minimum Gasteiger partial charge on any atom is -0.325 e. The lowest BCUT2D eigenvalue weighted by Crippen LogP contribution is -2.49. The van der Waals surface area contributed by atoms with E-state index in [0.717, 1.165) is 29.6 Å². The van der Waals surface area contributed by atoms with Gasteiger partial charge in [-0.1, -0.05) is 40.5 Å². The van der Waals surface area contributed by atoms with Crippen LogP contribution >= 0.6 is 0 Å². The topological polar surface area (TPSA) is 26.0 Å². The third kappa shape index (κ3) is 3.74. The maximum absolute atomic E-state index is 6.92. The molecular formula is C18H35N. The van der Waals surface area contributed by atoms with Crippen molar-refractivity contribution in [2.75, 3.05) is 0 Å². The first-order chi connectivity index (χ1) is 8.90. The Labute approximate surface area is 120 Å². The molecule has 2 fully saturated rings. The minimum atomic E-state index is 0.159. The van der Waals surface area contributed by atoms with E-state index in [4.69, 9.17) is 5.73 Å². The largest absolute Gasteiger partial charge is 0.325 e. The molecule has 2 saturated carbocycles. The van der Waals surface area contributed by atoms with E-state index in [9.17, 15) is 0 Å². The molecule has 2 rings (SSSR count). The van der Waals surface area contributed by atoms with E-state index in [2.05, 4.69) is 27.7 Å². The molecular weight excluding hydrogens is 230 g/mol. The van der Waals surface area contributed by atoms with Crippen molar-refractivity contribution in [1.82, 2.24) is 0 Å². The van der Waals surface area contributed by atoms with Gasteiger partial charge < -0.3 is 5.73 Å². The molecule has 19 heavy (non-hydrogen) atoms. The fraction of sp³-hybridized carbons (Fsp3) is 1.00. The highest BCUT2D eigenvalue weighted by atomic mass is 14.8. The summed E-state index contributed by atoms with van der Waals surface area (Å²) in [4.78, 5) is 0. The molecule has 2 N–H and O–H groups in total. The van der Waals surface area contributed by atoms with Gasteiger partial charge >= 0.3 is 0 Å². The number of nitrogens with two attached hydrogens (primary N) is 1. The van der Waals surface area contributed by atoms with Crippen LogP contribution in [0.25, 0.3) is 0 Å². The predicted octanol–water partition coefficient (Wildman–Crippen LogP) is 4.99. The monoisotopic (exact) mass is 265 g/mol. The van der Waals surface area contributed by atoms with Gasteiger partial charge in [0.2, 0.25) is 0 Å². The van der Waals surface area contributed by atoms with Gasteiger partial charge in [0.15, 0.2) is 0 Å². The number of hydrogen-bond donors (Lipinski definition) is 1. The van der Waals surface area contributed by atoms with Crippen molar-refractivity contribution in [3.05, 3.63) is 0 Å². The Kier molecular flexibility index (Phi) is 4.98. The molecule has 0 radical (unpaired) electrons. The third-order valence-corrected chi connectivity index (χ3v) is 6.13. The Balaban J connectivity index is 2.01. The van der Waals surface area contributed by atoms with Crippen LogP contribution in [0.2, 0.25) is 0 Å². The molecule has 0 saturated heterocycles. The van der Waals surface area contributed by atoms with Gasteiger partial charge in [0.1, 0.15) is 0 Å². The molecule has 0 aliphatic heterocycles. The molecule has 0 heterocycles. The zero-order valence-electron chi connectivity index (χ0n) is 13.6. The molecule has 0 aromatic carbocycles. The standard InChI is InChI=1S/C18H35N/c1-13(2)16-6-5-8-18(19,9-7-16)17-11-14(3)10-15(4)12-17/h13-17H,5-12,19H2,1-4H3. The van der Waals surface area contributed by atoms with Gasteiger partial charge in [0.05, 0.1) is 0 Å². The Bertz CT molecular complexity index is 275. The van der Waals surface area contributed by atoms with Crippen molar-refractivity contribution in [3.8, 4) is 0 Å². The number of rotatable bonds is 2. The molecule has 1 heteroatoms. The second kappa shape index (κ2) is 6.16. The highest BCUT2D eigenvalue weighted by molar-refractivity contribution is 4.96. The highest BCUT2D eigenvalue weighted by Crippen LogP contribution is 2.44. The smallest absolute Gasteiger partial charge is 0.0183 e. The van der Waals surface area contributed by atoms with Gasteiger partial charge in [0.25, 0.3) is 0 Å². The van der Waals surface area contributed by atoms with Crippen LogP contribution in [0.15, 0.2) is 0 Å². The average molecular weight is 265 g/mol. The molecule has 0 bridgehead atoms. The molecule has 112 valence electrons.